The van der Waals surface area contributed by atoms with Crippen LogP contribution < -0.4 is 0 Å². The number of thiol groups is 1. The largest absolute Gasteiger partial charge is 0.245 e. The van der Waals surface area contributed by atoms with E-state index >= 15 is 0 Å². The van der Waals surface area contributed by atoms with Crippen molar-refractivity contribution in [2.45, 2.75) is 4.90 Å². The highest BCUT2D eigenvalue weighted by Gasteiger charge is 1.94. The molecule has 0 saturated heterocycles. The van der Waals surface area contributed by atoms with Gasteiger partial charge in [-0.3, -0.25) is 0 Å². The van der Waals surface area contributed by atoms with E-state index in [0.717, 1.165) is 0 Å². The normalized spacial score (nSPS) is 11.3. The molecule has 0 aromatic carbocycles. The smallest absolute Gasteiger partial charge is 0.130 e. The van der Waals surface area contributed by atoms with Crippen molar-refractivity contribution in [2.75, 3.05) is 12.5 Å². The van der Waals surface area contributed by atoms with Crippen molar-refractivity contribution in [1.82, 2.24) is 4.98 Å². The fourth-order valence-corrected chi connectivity index (χ4v) is 1.67. The molecular formula is C7H10ClNS. The van der Waals surface area contributed by atoms with Gasteiger partial charge in [0.15, 0.2) is 0 Å². The van der Waals surface area contributed by atoms with Crippen LogP contribution in [-0.2, 0) is 0 Å². The van der Waals surface area contributed by atoms with Crippen molar-refractivity contribution >= 4 is 22.5 Å². The lowest BCUT2D eigenvalue weighted by Crippen LogP contribution is -1.79. The van der Waals surface area contributed by atoms with E-state index < -0.39 is 0 Å². The fraction of sp³-hybridized carbons (Fsp3) is 0.286. The average Bonchev–Trinajstić information content (AvgIpc) is 1.88. The van der Waals surface area contributed by atoms with Crippen LogP contribution in [0.3, 0.4) is 0 Å². The summed E-state index contributed by atoms with van der Waals surface area (Å²) in [5.41, 5.74) is 0. The molecule has 10 heavy (non-hydrogen) atoms. The second kappa shape index (κ2) is 3.26. The molecule has 1 rings (SSSR count). The highest BCUT2D eigenvalue weighted by molar-refractivity contribution is 8.15. The van der Waals surface area contributed by atoms with E-state index in [4.69, 9.17) is 11.6 Å². The highest BCUT2D eigenvalue weighted by Crippen LogP contribution is 2.28. The molecule has 0 N–H and O–H groups in total. The molecule has 0 unspecified atom stereocenters. The predicted octanol–water partition coefficient (Wildman–Crippen LogP) is 2.35. The average molecular weight is 176 g/mol. The molecule has 0 bridgehead atoms. The highest BCUT2D eigenvalue weighted by atomic mass is 35.5. The molecule has 0 radical (unpaired) electrons. The van der Waals surface area contributed by atoms with Crippen LogP contribution in [0.5, 0.6) is 0 Å². The maximum Gasteiger partial charge on any atom is 0.130 e. The summed E-state index contributed by atoms with van der Waals surface area (Å²) < 4.78 is 0. The van der Waals surface area contributed by atoms with Crippen LogP contribution in [-0.4, -0.2) is 17.5 Å². The van der Waals surface area contributed by atoms with Gasteiger partial charge in [-0.1, -0.05) is 11.6 Å². The Bertz CT molecular complexity index is 225. The van der Waals surface area contributed by atoms with Gasteiger partial charge in [0.1, 0.15) is 5.15 Å². The summed E-state index contributed by atoms with van der Waals surface area (Å²) in [7, 11) is -0.0362. The zero-order valence-electron chi connectivity index (χ0n) is 6.00. The zero-order valence-corrected chi connectivity index (χ0v) is 7.65. The number of rotatable bonds is 1. The van der Waals surface area contributed by atoms with Gasteiger partial charge in [0.25, 0.3) is 0 Å². The van der Waals surface area contributed by atoms with Gasteiger partial charge in [0.05, 0.1) is 0 Å². The van der Waals surface area contributed by atoms with Crippen molar-refractivity contribution in [3.63, 3.8) is 0 Å². The minimum absolute atomic E-state index is 0.0362. The molecule has 1 aromatic heterocycles. The fourth-order valence-electron chi connectivity index (χ4n) is 0.670. The van der Waals surface area contributed by atoms with Crippen LogP contribution in [0.15, 0.2) is 23.2 Å². The molecule has 0 spiro atoms. The molecule has 0 atom stereocenters. The molecule has 1 nitrogen and oxygen atoms in total. The lowest BCUT2D eigenvalue weighted by atomic mass is 10.5. The molecule has 1 heterocycles. The summed E-state index contributed by atoms with van der Waals surface area (Å²) in [5, 5.41) is 0.591. The number of hydrogen-bond acceptors (Lipinski definition) is 1. The topological polar surface area (TPSA) is 12.9 Å². The van der Waals surface area contributed by atoms with Crippen molar-refractivity contribution in [1.29, 1.82) is 0 Å². The van der Waals surface area contributed by atoms with Gasteiger partial charge in [0, 0.05) is 6.20 Å². The molecule has 0 amide bonds. The Morgan fingerprint density at radius 3 is 2.60 bits per heavy atom. The minimum atomic E-state index is -0.0362. The van der Waals surface area contributed by atoms with Crippen LogP contribution in [0.2, 0.25) is 5.15 Å². The van der Waals surface area contributed by atoms with Crippen LogP contribution in [0, 0.1) is 0 Å². The van der Waals surface area contributed by atoms with E-state index in [2.05, 4.69) is 17.5 Å². The van der Waals surface area contributed by atoms with Gasteiger partial charge in [-0.15, -0.1) is 0 Å². The lowest BCUT2D eigenvalue weighted by molar-refractivity contribution is 1.26. The van der Waals surface area contributed by atoms with Crippen LogP contribution >= 0.6 is 22.5 Å². The standard InChI is InChI=1S/C7H10ClNS/c1-10(2)6-3-4-9-7(8)5-6/h3-5,10H,1-2H3. The van der Waals surface area contributed by atoms with Gasteiger partial charge < -0.3 is 0 Å². The van der Waals surface area contributed by atoms with E-state index in [1.54, 1.807) is 6.20 Å². The first-order valence-corrected chi connectivity index (χ1v) is 5.60. The Balaban J connectivity index is 2.96. The Morgan fingerprint density at radius 2 is 2.20 bits per heavy atom. The zero-order chi connectivity index (χ0) is 7.56. The SMILES string of the molecule is C[SH](C)c1ccnc(Cl)c1. The molecule has 1 aromatic rings. The van der Waals surface area contributed by atoms with Crippen molar-refractivity contribution in [3.05, 3.63) is 23.5 Å². The molecule has 0 saturated carbocycles. The van der Waals surface area contributed by atoms with Gasteiger partial charge in [-0.2, -0.15) is 0 Å². The first-order chi connectivity index (χ1) is 4.70. The second-order valence-electron chi connectivity index (χ2n) is 2.23. The maximum atomic E-state index is 5.69. The summed E-state index contributed by atoms with van der Waals surface area (Å²) in [6.07, 6.45) is 6.14. The first kappa shape index (κ1) is 7.89. The number of halogens is 1. The molecule has 0 fully saturated rings. The monoisotopic (exact) mass is 175 g/mol. The van der Waals surface area contributed by atoms with Gasteiger partial charge in [0.2, 0.25) is 0 Å². The molecule has 56 valence electrons. The molecule has 3 heteroatoms. The number of pyridine rings is 1. The summed E-state index contributed by atoms with van der Waals surface area (Å²) in [6.45, 7) is 0. The Kier molecular flexibility index (Phi) is 2.57. The summed E-state index contributed by atoms with van der Waals surface area (Å²) in [4.78, 5) is 5.20. The Labute approximate surface area is 68.8 Å². The number of nitrogens with zero attached hydrogens (tertiary/aromatic N) is 1. The third-order valence-corrected chi connectivity index (χ3v) is 2.74. The number of aromatic nitrogens is 1. The third-order valence-electron chi connectivity index (χ3n) is 1.23. The van der Waals surface area contributed by atoms with E-state index in [0.29, 0.717) is 5.15 Å². The van der Waals surface area contributed by atoms with Crippen LogP contribution in [0.1, 0.15) is 0 Å². The Hall–Kier alpha value is -0.210. The van der Waals surface area contributed by atoms with Crippen molar-refractivity contribution in [3.8, 4) is 0 Å². The van der Waals surface area contributed by atoms with E-state index in [1.807, 2.05) is 12.1 Å². The van der Waals surface area contributed by atoms with Gasteiger partial charge in [-0.25, -0.2) is 15.9 Å². The van der Waals surface area contributed by atoms with Gasteiger partial charge >= 0.3 is 0 Å². The summed E-state index contributed by atoms with van der Waals surface area (Å²) >= 11 is 5.69. The minimum Gasteiger partial charge on any atom is -0.245 e. The van der Waals surface area contributed by atoms with E-state index in [9.17, 15) is 0 Å². The number of hydrogen-bond donors (Lipinski definition) is 1. The molecule has 0 aliphatic heterocycles. The quantitative estimate of drug-likeness (QED) is 0.511. The summed E-state index contributed by atoms with van der Waals surface area (Å²) in [6, 6.07) is 3.94. The second-order valence-corrected chi connectivity index (χ2v) is 4.92. The van der Waals surface area contributed by atoms with Crippen LogP contribution in [0.25, 0.3) is 0 Å². The maximum absolute atomic E-state index is 5.69. The van der Waals surface area contributed by atoms with Gasteiger partial charge in [-0.05, 0) is 29.5 Å². The lowest BCUT2D eigenvalue weighted by Gasteiger charge is -2.07. The predicted molar refractivity (Wildman–Crippen MR) is 48.3 cm³/mol. The van der Waals surface area contributed by atoms with E-state index in [1.165, 1.54) is 4.90 Å². The Morgan fingerprint density at radius 1 is 1.50 bits per heavy atom. The van der Waals surface area contributed by atoms with Crippen LogP contribution in [0.4, 0.5) is 0 Å². The third kappa shape index (κ3) is 1.89. The molecule has 0 aliphatic carbocycles. The molecular weight excluding hydrogens is 166 g/mol. The molecule has 0 aliphatic rings. The van der Waals surface area contributed by atoms with Crippen molar-refractivity contribution in [2.24, 2.45) is 0 Å². The summed E-state index contributed by atoms with van der Waals surface area (Å²) in [5.74, 6) is 0. The first-order valence-electron chi connectivity index (χ1n) is 2.99. The van der Waals surface area contributed by atoms with Crippen molar-refractivity contribution < 1.29 is 0 Å². The van der Waals surface area contributed by atoms with E-state index in [-0.39, 0.29) is 10.9 Å².